The van der Waals surface area contributed by atoms with Crippen molar-refractivity contribution in [1.82, 2.24) is 0 Å². The van der Waals surface area contributed by atoms with Crippen molar-refractivity contribution < 1.29 is 0 Å². The van der Waals surface area contributed by atoms with Crippen LogP contribution < -0.4 is 0 Å². The van der Waals surface area contributed by atoms with E-state index in [4.69, 9.17) is 5.26 Å². The lowest BCUT2D eigenvalue weighted by Crippen LogP contribution is -2.36. The Morgan fingerprint density at radius 2 is 1.29 bits per heavy atom. The standard InChI is InChI=1S/C11H21N3/c1-9(2,3)11(7,8-12)14-13-10(4,5)6/h1-7H3. The van der Waals surface area contributed by atoms with Crippen molar-refractivity contribution in [1.29, 1.82) is 5.26 Å². The van der Waals surface area contributed by atoms with Crippen LogP contribution in [0.5, 0.6) is 0 Å². The first kappa shape index (κ1) is 13.1. The van der Waals surface area contributed by atoms with E-state index in [0.29, 0.717) is 0 Å². The van der Waals surface area contributed by atoms with E-state index in [-0.39, 0.29) is 11.0 Å². The summed E-state index contributed by atoms with van der Waals surface area (Å²) < 4.78 is 0. The SMILES string of the molecule is CC(C)(C)N=NC(C)(C#N)C(C)(C)C. The molecule has 0 aliphatic heterocycles. The fourth-order valence-corrected chi connectivity index (χ4v) is 0.590. The molecule has 1 atom stereocenters. The minimum atomic E-state index is -0.750. The molecule has 3 nitrogen and oxygen atoms in total. The Labute approximate surface area is 87.2 Å². The van der Waals surface area contributed by atoms with Crippen molar-refractivity contribution in [3.63, 3.8) is 0 Å². The maximum atomic E-state index is 9.11. The lowest BCUT2D eigenvalue weighted by Gasteiger charge is -2.31. The van der Waals surface area contributed by atoms with Crippen molar-refractivity contribution in [2.75, 3.05) is 0 Å². The molecule has 0 aromatic heterocycles. The maximum absolute atomic E-state index is 9.11. The van der Waals surface area contributed by atoms with Gasteiger partial charge in [0.05, 0.1) is 11.6 Å². The summed E-state index contributed by atoms with van der Waals surface area (Å²) in [6.45, 7) is 13.7. The zero-order chi connectivity index (χ0) is 11.6. The first-order valence-electron chi connectivity index (χ1n) is 4.87. The zero-order valence-electron chi connectivity index (χ0n) is 10.3. The molecule has 0 spiro atoms. The number of hydrogen-bond acceptors (Lipinski definition) is 3. The molecule has 0 saturated heterocycles. The molecule has 0 amide bonds. The summed E-state index contributed by atoms with van der Waals surface area (Å²) in [5, 5.41) is 17.5. The highest BCUT2D eigenvalue weighted by Crippen LogP contribution is 2.33. The van der Waals surface area contributed by atoms with Gasteiger partial charge < -0.3 is 0 Å². The van der Waals surface area contributed by atoms with Gasteiger partial charge in [0.1, 0.15) is 0 Å². The summed E-state index contributed by atoms with van der Waals surface area (Å²) in [6.07, 6.45) is 0. The van der Waals surface area contributed by atoms with Gasteiger partial charge in [-0.1, -0.05) is 20.8 Å². The summed E-state index contributed by atoms with van der Waals surface area (Å²) in [6, 6.07) is 2.23. The van der Waals surface area contributed by atoms with Gasteiger partial charge in [0, 0.05) is 5.41 Å². The third-order valence-corrected chi connectivity index (χ3v) is 2.23. The van der Waals surface area contributed by atoms with Gasteiger partial charge in [-0.15, -0.1) is 0 Å². The molecule has 0 aliphatic rings. The van der Waals surface area contributed by atoms with E-state index < -0.39 is 5.54 Å². The Bertz CT molecular complexity index is 260. The Morgan fingerprint density at radius 1 is 0.857 bits per heavy atom. The Hall–Kier alpha value is -0.910. The normalized spacial score (nSPS) is 17.9. The largest absolute Gasteiger partial charge is 0.196 e. The van der Waals surface area contributed by atoms with Gasteiger partial charge >= 0.3 is 0 Å². The fraction of sp³-hybridized carbons (Fsp3) is 0.909. The molecule has 0 N–H and O–H groups in total. The number of rotatable bonds is 1. The first-order chi connectivity index (χ1) is 6.02. The van der Waals surface area contributed by atoms with Crippen LogP contribution in [0.3, 0.4) is 0 Å². The quantitative estimate of drug-likeness (QED) is 0.590. The van der Waals surface area contributed by atoms with Crippen molar-refractivity contribution in [2.24, 2.45) is 15.6 Å². The molecule has 0 aromatic carbocycles. The molecule has 0 saturated carbocycles. The van der Waals surface area contributed by atoms with Gasteiger partial charge in [-0.2, -0.15) is 15.5 Å². The highest BCUT2D eigenvalue weighted by atomic mass is 15.2. The third kappa shape index (κ3) is 3.45. The van der Waals surface area contributed by atoms with Crippen molar-refractivity contribution >= 4 is 0 Å². The smallest absolute Gasteiger partial charge is 0.169 e. The van der Waals surface area contributed by atoms with Gasteiger partial charge in [0.2, 0.25) is 0 Å². The topological polar surface area (TPSA) is 48.5 Å². The van der Waals surface area contributed by atoms with E-state index in [1.165, 1.54) is 0 Å². The molecule has 0 aromatic rings. The monoisotopic (exact) mass is 195 g/mol. The maximum Gasteiger partial charge on any atom is 0.169 e. The van der Waals surface area contributed by atoms with Crippen molar-refractivity contribution in [2.45, 2.75) is 59.5 Å². The Balaban J connectivity index is 4.96. The van der Waals surface area contributed by atoms with E-state index >= 15 is 0 Å². The van der Waals surface area contributed by atoms with E-state index in [2.05, 4.69) is 16.3 Å². The number of hydrogen-bond donors (Lipinski definition) is 0. The first-order valence-corrected chi connectivity index (χ1v) is 4.87. The summed E-state index contributed by atoms with van der Waals surface area (Å²) in [7, 11) is 0. The fourth-order valence-electron chi connectivity index (χ4n) is 0.590. The highest BCUT2D eigenvalue weighted by Gasteiger charge is 2.38. The molecular formula is C11H21N3. The molecule has 80 valence electrons. The molecule has 3 heteroatoms. The van der Waals surface area contributed by atoms with Crippen LogP contribution in [0.25, 0.3) is 0 Å². The molecule has 0 heterocycles. The van der Waals surface area contributed by atoms with Crippen LogP contribution in [0.15, 0.2) is 10.2 Å². The average Bonchev–Trinajstić information content (AvgIpc) is 1.96. The molecule has 14 heavy (non-hydrogen) atoms. The Kier molecular flexibility index (Phi) is 3.44. The van der Waals surface area contributed by atoms with Crippen molar-refractivity contribution in [3.8, 4) is 6.07 Å². The molecule has 0 fully saturated rings. The number of azo groups is 1. The number of nitriles is 1. The van der Waals surface area contributed by atoms with E-state index in [9.17, 15) is 0 Å². The second-order valence-corrected chi connectivity index (χ2v) is 5.80. The lowest BCUT2D eigenvalue weighted by atomic mass is 9.77. The molecule has 0 aliphatic carbocycles. The van der Waals surface area contributed by atoms with Crippen LogP contribution in [-0.4, -0.2) is 11.1 Å². The van der Waals surface area contributed by atoms with Gasteiger partial charge in [-0.3, -0.25) is 0 Å². The van der Waals surface area contributed by atoms with Gasteiger partial charge in [-0.25, -0.2) is 0 Å². The van der Waals surface area contributed by atoms with Gasteiger partial charge in [-0.05, 0) is 27.7 Å². The lowest BCUT2D eigenvalue weighted by molar-refractivity contribution is 0.255. The molecule has 0 bridgehead atoms. The number of nitrogens with zero attached hydrogens (tertiary/aromatic N) is 3. The summed E-state index contributed by atoms with van der Waals surface area (Å²) in [4.78, 5) is 0. The van der Waals surface area contributed by atoms with E-state index in [1.807, 2.05) is 48.5 Å². The summed E-state index contributed by atoms with van der Waals surface area (Å²) in [5.74, 6) is 0. The van der Waals surface area contributed by atoms with Crippen LogP contribution in [0, 0.1) is 16.7 Å². The zero-order valence-corrected chi connectivity index (χ0v) is 10.3. The average molecular weight is 195 g/mol. The predicted molar refractivity (Wildman–Crippen MR) is 58.1 cm³/mol. The third-order valence-electron chi connectivity index (χ3n) is 2.23. The second-order valence-electron chi connectivity index (χ2n) is 5.80. The van der Waals surface area contributed by atoms with Crippen molar-refractivity contribution in [3.05, 3.63) is 0 Å². The molecular weight excluding hydrogens is 174 g/mol. The van der Waals surface area contributed by atoms with Gasteiger partial charge in [0.25, 0.3) is 0 Å². The second kappa shape index (κ2) is 3.68. The van der Waals surface area contributed by atoms with Crippen LogP contribution in [0.1, 0.15) is 48.5 Å². The minimum Gasteiger partial charge on any atom is -0.196 e. The molecule has 0 rings (SSSR count). The van der Waals surface area contributed by atoms with E-state index in [1.54, 1.807) is 0 Å². The molecule has 0 radical (unpaired) electrons. The van der Waals surface area contributed by atoms with Crippen LogP contribution in [0.4, 0.5) is 0 Å². The highest BCUT2D eigenvalue weighted by molar-refractivity contribution is 5.10. The van der Waals surface area contributed by atoms with Gasteiger partial charge in [0.15, 0.2) is 5.54 Å². The molecule has 1 unspecified atom stereocenters. The van der Waals surface area contributed by atoms with Crippen LogP contribution >= 0.6 is 0 Å². The Morgan fingerprint density at radius 3 is 1.50 bits per heavy atom. The predicted octanol–water partition coefficient (Wildman–Crippen LogP) is 3.57. The minimum absolute atomic E-state index is 0.198. The van der Waals surface area contributed by atoms with Crippen LogP contribution in [0.2, 0.25) is 0 Å². The summed E-state index contributed by atoms with van der Waals surface area (Å²) >= 11 is 0. The van der Waals surface area contributed by atoms with E-state index in [0.717, 1.165) is 0 Å². The van der Waals surface area contributed by atoms with Crippen LogP contribution in [-0.2, 0) is 0 Å². The summed E-state index contributed by atoms with van der Waals surface area (Å²) in [5.41, 5.74) is -1.17.